The third-order valence-corrected chi connectivity index (χ3v) is 3.02. The summed E-state index contributed by atoms with van der Waals surface area (Å²) in [6, 6.07) is 0.336. The van der Waals surface area contributed by atoms with E-state index in [9.17, 15) is 0 Å². The number of methoxy groups -OCH3 is 1. The smallest absolute Gasteiger partial charge is 0.136 e. The van der Waals surface area contributed by atoms with Gasteiger partial charge in [-0.05, 0) is 19.3 Å². The van der Waals surface area contributed by atoms with Crippen molar-refractivity contribution in [2.45, 2.75) is 37.8 Å². The number of hydrogen-bond acceptors (Lipinski definition) is 4. The van der Waals surface area contributed by atoms with Crippen LogP contribution in [0.2, 0.25) is 0 Å². The molecule has 0 aromatic carbocycles. The van der Waals surface area contributed by atoms with Crippen molar-refractivity contribution in [3.05, 3.63) is 12.2 Å². The number of hydrogen-bond donors (Lipinski definition) is 1. The first-order valence-electron chi connectivity index (χ1n) is 5.43. The highest BCUT2D eigenvalue weighted by Crippen LogP contribution is 2.32. The highest BCUT2D eigenvalue weighted by molar-refractivity contribution is 5.01. The predicted octanol–water partition coefficient (Wildman–Crippen LogP) is 0.519. The minimum atomic E-state index is 0.336. The van der Waals surface area contributed by atoms with Crippen LogP contribution in [0.25, 0.3) is 0 Å². The molecule has 0 saturated heterocycles. The second-order valence-electron chi connectivity index (χ2n) is 4.15. The van der Waals surface area contributed by atoms with Gasteiger partial charge in [-0.3, -0.25) is 0 Å². The van der Waals surface area contributed by atoms with E-state index in [2.05, 4.69) is 14.8 Å². The van der Waals surface area contributed by atoms with E-state index in [-0.39, 0.29) is 0 Å². The van der Waals surface area contributed by atoms with Gasteiger partial charge in [-0.1, -0.05) is 0 Å². The van der Waals surface area contributed by atoms with Gasteiger partial charge in [-0.25, -0.2) is 0 Å². The van der Waals surface area contributed by atoms with Gasteiger partial charge in [-0.15, -0.1) is 10.2 Å². The Morgan fingerprint density at radius 3 is 3.13 bits per heavy atom. The summed E-state index contributed by atoms with van der Waals surface area (Å²) in [4.78, 5) is 0. The molecule has 1 aromatic heterocycles. The molecular weight excluding hydrogens is 192 g/mol. The third kappa shape index (κ3) is 2.35. The summed E-state index contributed by atoms with van der Waals surface area (Å²) in [6.07, 6.45) is 5.04. The second-order valence-corrected chi connectivity index (χ2v) is 4.15. The van der Waals surface area contributed by atoms with Crippen molar-refractivity contribution in [3.63, 3.8) is 0 Å². The Labute approximate surface area is 89.6 Å². The van der Waals surface area contributed by atoms with Gasteiger partial charge in [-0.2, -0.15) is 0 Å². The maximum absolute atomic E-state index is 5.90. The van der Waals surface area contributed by atoms with Crippen molar-refractivity contribution < 1.29 is 4.74 Å². The van der Waals surface area contributed by atoms with Gasteiger partial charge in [0.1, 0.15) is 12.2 Å². The van der Waals surface area contributed by atoms with Crippen LogP contribution < -0.4 is 5.73 Å². The first-order chi connectivity index (χ1) is 7.31. The summed E-state index contributed by atoms with van der Waals surface area (Å²) < 4.78 is 7.13. The molecule has 1 fully saturated rings. The second kappa shape index (κ2) is 4.72. The Morgan fingerprint density at radius 1 is 1.60 bits per heavy atom. The molecule has 0 amide bonds. The predicted molar refractivity (Wildman–Crippen MR) is 56.5 cm³/mol. The molecule has 1 aromatic rings. The van der Waals surface area contributed by atoms with Crippen LogP contribution in [-0.2, 0) is 11.3 Å². The fourth-order valence-electron chi connectivity index (χ4n) is 2.19. The normalized spacial score (nSPS) is 26.0. The van der Waals surface area contributed by atoms with E-state index < -0.39 is 0 Å². The largest absolute Gasteiger partial charge is 0.383 e. The molecule has 2 N–H and O–H groups in total. The number of nitrogens with two attached hydrogens (primary N) is 1. The standard InChI is InChI=1S/C10H18N4O/c1-15-5-4-14-7-12-13-10(14)8-2-3-9(11)6-8/h7-9H,2-6,11H2,1H3. The zero-order valence-electron chi connectivity index (χ0n) is 9.09. The van der Waals surface area contributed by atoms with Crippen LogP contribution in [0.1, 0.15) is 31.0 Å². The molecular formula is C10H18N4O. The van der Waals surface area contributed by atoms with Gasteiger partial charge >= 0.3 is 0 Å². The van der Waals surface area contributed by atoms with E-state index in [1.165, 1.54) is 0 Å². The summed E-state index contributed by atoms with van der Waals surface area (Å²) >= 11 is 0. The van der Waals surface area contributed by atoms with Crippen LogP contribution in [-0.4, -0.2) is 34.5 Å². The van der Waals surface area contributed by atoms with E-state index in [1.54, 1.807) is 13.4 Å². The van der Waals surface area contributed by atoms with Crippen molar-refractivity contribution in [1.82, 2.24) is 14.8 Å². The van der Waals surface area contributed by atoms with Crippen molar-refractivity contribution in [2.24, 2.45) is 5.73 Å². The Morgan fingerprint density at radius 2 is 2.47 bits per heavy atom. The highest BCUT2D eigenvalue weighted by Gasteiger charge is 2.26. The number of rotatable bonds is 4. The summed E-state index contributed by atoms with van der Waals surface area (Å²) in [5.74, 6) is 1.55. The maximum atomic E-state index is 5.90. The van der Waals surface area contributed by atoms with E-state index in [0.29, 0.717) is 18.6 Å². The summed E-state index contributed by atoms with van der Waals surface area (Å²) in [6.45, 7) is 1.52. The summed E-state index contributed by atoms with van der Waals surface area (Å²) in [7, 11) is 1.70. The monoisotopic (exact) mass is 210 g/mol. The number of nitrogens with zero attached hydrogens (tertiary/aromatic N) is 3. The van der Waals surface area contributed by atoms with Crippen molar-refractivity contribution >= 4 is 0 Å². The average molecular weight is 210 g/mol. The van der Waals surface area contributed by atoms with Crippen LogP contribution in [0, 0.1) is 0 Å². The fraction of sp³-hybridized carbons (Fsp3) is 0.800. The molecule has 5 heteroatoms. The molecule has 5 nitrogen and oxygen atoms in total. The van der Waals surface area contributed by atoms with Gasteiger partial charge in [0.25, 0.3) is 0 Å². The van der Waals surface area contributed by atoms with Crippen molar-refractivity contribution in [1.29, 1.82) is 0 Å². The van der Waals surface area contributed by atoms with Crippen molar-refractivity contribution in [2.75, 3.05) is 13.7 Å². The lowest BCUT2D eigenvalue weighted by Gasteiger charge is -2.11. The Balaban J connectivity index is 2.04. The zero-order chi connectivity index (χ0) is 10.7. The SMILES string of the molecule is COCCn1cnnc1C1CCC(N)C1. The molecule has 1 heterocycles. The van der Waals surface area contributed by atoms with Gasteiger partial charge < -0.3 is 15.0 Å². The molecule has 0 bridgehead atoms. The third-order valence-electron chi connectivity index (χ3n) is 3.02. The van der Waals surface area contributed by atoms with E-state index in [4.69, 9.17) is 10.5 Å². The Hall–Kier alpha value is -0.940. The first kappa shape index (κ1) is 10.6. The van der Waals surface area contributed by atoms with Crippen LogP contribution in [0.5, 0.6) is 0 Å². The maximum Gasteiger partial charge on any atom is 0.136 e. The summed E-state index contributed by atoms with van der Waals surface area (Å²) in [5.41, 5.74) is 5.90. The van der Waals surface area contributed by atoms with E-state index in [0.717, 1.165) is 31.6 Å². The minimum Gasteiger partial charge on any atom is -0.383 e. The lowest BCUT2D eigenvalue weighted by Crippen LogP contribution is -2.16. The first-order valence-corrected chi connectivity index (χ1v) is 5.43. The molecule has 1 aliphatic carbocycles. The molecule has 1 aliphatic rings. The molecule has 2 atom stereocenters. The van der Waals surface area contributed by atoms with E-state index >= 15 is 0 Å². The van der Waals surface area contributed by atoms with Crippen molar-refractivity contribution in [3.8, 4) is 0 Å². The van der Waals surface area contributed by atoms with Crippen LogP contribution in [0.3, 0.4) is 0 Å². The van der Waals surface area contributed by atoms with Gasteiger partial charge in [0.15, 0.2) is 0 Å². The molecule has 2 rings (SSSR count). The summed E-state index contributed by atoms with van der Waals surface area (Å²) in [5, 5.41) is 8.15. The van der Waals surface area contributed by atoms with Crippen LogP contribution >= 0.6 is 0 Å². The highest BCUT2D eigenvalue weighted by atomic mass is 16.5. The van der Waals surface area contributed by atoms with Crippen LogP contribution in [0.15, 0.2) is 6.33 Å². The van der Waals surface area contributed by atoms with Gasteiger partial charge in [0, 0.05) is 25.6 Å². The number of ether oxygens (including phenoxy) is 1. The molecule has 0 aliphatic heterocycles. The van der Waals surface area contributed by atoms with Gasteiger partial charge in [0.05, 0.1) is 6.61 Å². The fourth-order valence-corrected chi connectivity index (χ4v) is 2.19. The number of aromatic nitrogens is 3. The minimum absolute atomic E-state index is 0.336. The topological polar surface area (TPSA) is 66.0 Å². The molecule has 1 saturated carbocycles. The quantitative estimate of drug-likeness (QED) is 0.786. The lowest BCUT2D eigenvalue weighted by molar-refractivity contribution is 0.185. The molecule has 0 spiro atoms. The zero-order valence-corrected chi connectivity index (χ0v) is 9.09. The molecule has 84 valence electrons. The Bertz CT molecular complexity index is 312. The molecule has 0 radical (unpaired) electrons. The van der Waals surface area contributed by atoms with E-state index in [1.807, 2.05) is 0 Å². The van der Waals surface area contributed by atoms with Crippen LogP contribution in [0.4, 0.5) is 0 Å². The molecule has 2 unspecified atom stereocenters. The average Bonchev–Trinajstić information content (AvgIpc) is 2.82. The lowest BCUT2D eigenvalue weighted by atomic mass is 10.1. The molecule has 15 heavy (non-hydrogen) atoms. The van der Waals surface area contributed by atoms with Gasteiger partial charge in [0.2, 0.25) is 0 Å². The Kier molecular flexibility index (Phi) is 3.33.